The lowest BCUT2D eigenvalue weighted by molar-refractivity contribution is 0.0173. The maximum Gasteiger partial charge on any atom is 0.119 e. The average Bonchev–Trinajstić information content (AvgIpc) is 2.34. The van der Waals surface area contributed by atoms with Gasteiger partial charge in [-0.25, -0.2) is 0 Å². The van der Waals surface area contributed by atoms with Gasteiger partial charge in [-0.1, -0.05) is 19.9 Å². The van der Waals surface area contributed by atoms with Crippen molar-refractivity contribution in [3.8, 4) is 5.75 Å². The molecule has 3 nitrogen and oxygen atoms in total. The number of ether oxygens (including phenoxy) is 1. The summed E-state index contributed by atoms with van der Waals surface area (Å²) in [6.45, 7) is 4.66. The monoisotopic (exact) mass is 235 g/mol. The van der Waals surface area contributed by atoms with E-state index in [2.05, 4.69) is 13.8 Å². The van der Waals surface area contributed by atoms with Crippen molar-refractivity contribution in [1.82, 2.24) is 0 Å². The van der Waals surface area contributed by atoms with E-state index in [1.165, 1.54) is 5.56 Å². The minimum atomic E-state index is -0.903. The highest BCUT2D eigenvalue weighted by atomic mass is 16.5. The number of rotatable bonds is 2. The predicted octanol–water partition coefficient (Wildman–Crippen LogP) is 1.91. The third kappa shape index (κ3) is 1.94. The minimum absolute atomic E-state index is 0.0863. The van der Waals surface area contributed by atoms with E-state index in [0.29, 0.717) is 6.42 Å². The van der Waals surface area contributed by atoms with Crippen molar-refractivity contribution in [2.45, 2.75) is 37.7 Å². The first-order valence-corrected chi connectivity index (χ1v) is 6.04. The Kier molecular flexibility index (Phi) is 2.92. The third-order valence-corrected chi connectivity index (χ3v) is 3.96. The fourth-order valence-electron chi connectivity index (χ4n) is 2.63. The lowest BCUT2D eigenvalue weighted by Gasteiger charge is -2.42. The van der Waals surface area contributed by atoms with Crippen LogP contribution in [-0.4, -0.2) is 18.8 Å². The van der Waals surface area contributed by atoms with Crippen LogP contribution in [0.2, 0.25) is 0 Å². The highest BCUT2D eigenvalue weighted by Crippen LogP contribution is 2.45. The Balaban J connectivity index is 2.60. The summed E-state index contributed by atoms with van der Waals surface area (Å²) in [6.07, 6.45) is 1.65. The van der Waals surface area contributed by atoms with E-state index in [9.17, 15) is 5.11 Å². The van der Waals surface area contributed by atoms with Gasteiger partial charge in [0.15, 0.2) is 0 Å². The second-order valence-corrected chi connectivity index (χ2v) is 5.53. The second-order valence-electron chi connectivity index (χ2n) is 5.53. The summed E-state index contributed by atoms with van der Waals surface area (Å²) >= 11 is 0. The first-order chi connectivity index (χ1) is 7.93. The molecule has 0 radical (unpaired) electrons. The van der Waals surface area contributed by atoms with Crippen molar-refractivity contribution in [2.75, 3.05) is 13.7 Å². The van der Waals surface area contributed by atoms with E-state index in [4.69, 9.17) is 10.5 Å². The predicted molar refractivity (Wildman–Crippen MR) is 68.2 cm³/mol. The molecule has 0 aliphatic heterocycles. The first kappa shape index (κ1) is 12.4. The molecule has 3 N–H and O–H groups in total. The molecule has 17 heavy (non-hydrogen) atoms. The number of methoxy groups -OCH3 is 1. The highest BCUT2D eigenvalue weighted by molar-refractivity contribution is 5.45. The SMILES string of the molecule is COc1ccc2c(c1)C(O)(CN)CCC2(C)C. The van der Waals surface area contributed by atoms with Gasteiger partial charge in [0, 0.05) is 6.54 Å². The zero-order valence-corrected chi connectivity index (χ0v) is 10.8. The molecule has 1 atom stereocenters. The van der Waals surface area contributed by atoms with Crippen LogP contribution in [0.5, 0.6) is 5.75 Å². The van der Waals surface area contributed by atoms with Gasteiger partial charge in [0.1, 0.15) is 11.4 Å². The Hall–Kier alpha value is -1.06. The van der Waals surface area contributed by atoms with E-state index in [0.717, 1.165) is 17.7 Å². The number of fused-ring (bicyclic) bond motifs is 1. The molecule has 0 fully saturated rings. The molecule has 1 unspecified atom stereocenters. The zero-order valence-electron chi connectivity index (χ0n) is 10.8. The topological polar surface area (TPSA) is 55.5 Å². The van der Waals surface area contributed by atoms with Crippen molar-refractivity contribution >= 4 is 0 Å². The largest absolute Gasteiger partial charge is 0.497 e. The fraction of sp³-hybridized carbons (Fsp3) is 0.571. The number of benzene rings is 1. The summed E-state index contributed by atoms with van der Waals surface area (Å²) < 4.78 is 5.23. The lowest BCUT2D eigenvalue weighted by atomic mass is 9.67. The molecule has 0 bridgehead atoms. The summed E-state index contributed by atoms with van der Waals surface area (Å²) in [7, 11) is 1.64. The number of aliphatic hydroxyl groups is 1. The molecule has 0 heterocycles. The van der Waals surface area contributed by atoms with Crippen LogP contribution < -0.4 is 10.5 Å². The molecule has 2 rings (SSSR count). The van der Waals surface area contributed by atoms with Gasteiger partial charge >= 0.3 is 0 Å². The molecule has 0 spiro atoms. The summed E-state index contributed by atoms with van der Waals surface area (Å²) in [6, 6.07) is 5.92. The van der Waals surface area contributed by atoms with Crippen LogP contribution in [0.15, 0.2) is 18.2 Å². The van der Waals surface area contributed by atoms with Crippen molar-refractivity contribution in [1.29, 1.82) is 0 Å². The van der Waals surface area contributed by atoms with Crippen molar-refractivity contribution < 1.29 is 9.84 Å². The van der Waals surface area contributed by atoms with E-state index in [-0.39, 0.29) is 12.0 Å². The van der Waals surface area contributed by atoms with Crippen LogP contribution in [0.4, 0.5) is 0 Å². The van der Waals surface area contributed by atoms with Crippen LogP contribution in [-0.2, 0) is 11.0 Å². The summed E-state index contributed by atoms with van der Waals surface area (Å²) in [5.74, 6) is 0.772. The van der Waals surface area contributed by atoms with Crippen LogP contribution >= 0.6 is 0 Å². The van der Waals surface area contributed by atoms with Gasteiger partial charge in [-0.15, -0.1) is 0 Å². The molecule has 1 aliphatic carbocycles. The number of nitrogens with two attached hydrogens (primary N) is 1. The normalized spacial score (nSPS) is 26.4. The number of hydrogen-bond donors (Lipinski definition) is 2. The van der Waals surface area contributed by atoms with Gasteiger partial charge in [-0.3, -0.25) is 0 Å². The Labute approximate surface area is 103 Å². The van der Waals surface area contributed by atoms with Gasteiger partial charge < -0.3 is 15.6 Å². The molecular weight excluding hydrogens is 214 g/mol. The second kappa shape index (κ2) is 4.00. The standard InChI is InChI=1S/C14H21NO2/c1-13(2)6-7-14(16,9-15)12-8-10(17-3)4-5-11(12)13/h4-5,8,16H,6-7,9,15H2,1-3H3. The van der Waals surface area contributed by atoms with Crippen LogP contribution in [0.3, 0.4) is 0 Å². The van der Waals surface area contributed by atoms with Gasteiger partial charge in [0.05, 0.1) is 7.11 Å². The van der Waals surface area contributed by atoms with Crippen LogP contribution in [0, 0.1) is 0 Å². The Morgan fingerprint density at radius 2 is 2.00 bits per heavy atom. The fourth-order valence-corrected chi connectivity index (χ4v) is 2.63. The summed E-state index contributed by atoms with van der Waals surface area (Å²) in [4.78, 5) is 0. The van der Waals surface area contributed by atoms with E-state index < -0.39 is 5.60 Å². The Morgan fingerprint density at radius 1 is 1.29 bits per heavy atom. The molecule has 1 aromatic carbocycles. The van der Waals surface area contributed by atoms with Crippen molar-refractivity contribution in [3.05, 3.63) is 29.3 Å². The number of hydrogen-bond acceptors (Lipinski definition) is 3. The summed E-state index contributed by atoms with van der Waals surface area (Å²) in [5, 5.41) is 10.6. The summed E-state index contributed by atoms with van der Waals surface area (Å²) in [5.41, 5.74) is 7.03. The van der Waals surface area contributed by atoms with E-state index in [1.807, 2.05) is 18.2 Å². The van der Waals surface area contributed by atoms with E-state index >= 15 is 0 Å². The molecule has 3 heteroatoms. The van der Waals surface area contributed by atoms with Gasteiger partial charge in [0.2, 0.25) is 0 Å². The molecule has 0 saturated heterocycles. The Morgan fingerprint density at radius 3 is 2.59 bits per heavy atom. The van der Waals surface area contributed by atoms with Crippen molar-refractivity contribution in [2.24, 2.45) is 5.73 Å². The maximum atomic E-state index is 10.6. The third-order valence-electron chi connectivity index (χ3n) is 3.96. The quantitative estimate of drug-likeness (QED) is 0.823. The molecule has 1 aliphatic rings. The molecular formula is C14H21NO2. The molecule has 0 amide bonds. The van der Waals surface area contributed by atoms with Crippen LogP contribution in [0.1, 0.15) is 37.8 Å². The smallest absolute Gasteiger partial charge is 0.119 e. The molecule has 0 aromatic heterocycles. The highest BCUT2D eigenvalue weighted by Gasteiger charge is 2.40. The van der Waals surface area contributed by atoms with Gasteiger partial charge in [0.25, 0.3) is 0 Å². The first-order valence-electron chi connectivity index (χ1n) is 6.04. The minimum Gasteiger partial charge on any atom is -0.497 e. The maximum absolute atomic E-state index is 10.6. The zero-order chi connectivity index (χ0) is 12.7. The van der Waals surface area contributed by atoms with E-state index in [1.54, 1.807) is 7.11 Å². The Bertz CT molecular complexity index is 428. The average molecular weight is 235 g/mol. The van der Waals surface area contributed by atoms with Gasteiger partial charge in [-0.05, 0) is 41.5 Å². The van der Waals surface area contributed by atoms with Gasteiger partial charge in [-0.2, -0.15) is 0 Å². The molecule has 94 valence electrons. The molecule has 0 saturated carbocycles. The van der Waals surface area contributed by atoms with Crippen molar-refractivity contribution in [3.63, 3.8) is 0 Å². The lowest BCUT2D eigenvalue weighted by Crippen LogP contribution is -2.42. The molecule has 1 aromatic rings. The van der Waals surface area contributed by atoms with Crippen LogP contribution in [0.25, 0.3) is 0 Å².